The number of pyridine rings is 1. The molecule has 0 spiro atoms. The maximum atomic E-state index is 14.7. The van der Waals surface area contributed by atoms with Crippen LogP contribution in [0.25, 0.3) is 10.9 Å². The van der Waals surface area contributed by atoms with Crippen LogP contribution in [0.1, 0.15) is 28.4 Å². The van der Waals surface area contributed by atoms with Crippen LogP contribution < -0.4 is 25.1 Å². The molecule has 7 nitrogen and oxygen atoms in total. The van der Waals surface area contributed by atoms with Gasteiger partial charge in [-0.25, -0.2) is 0 Å². The number of halogens is 2. The highest BCUT2D eigenvalue weighted by Gasteiger charge is 2.35. The summed E-state index contributed by atoms with van der Waals surface area (Å²) in [5, 5.41) is 14.9. The maximum Gasteiger partial charge on any atom is 0.310 e. The normalized spacial score (nSPS) is 12.2. The van der Waals surface area contributed by atoms with Gasteiger partial charge >= 0.3 is 5.92 Å². The van der Waals surface area contributed by atoms with Crippen LogP contribution in [-0.2, 0) is 19.0 Å². The number of aromatic amines is 1. The Hall–Kier alpha value is -4.73. The van der Waals surface area contributed by atoms with Crippen molar-refractivity contribution in [1.82, 2.24) is 10.3 Å². The molecule has 0 bridgehead atoms. The molecule has 5 aromatic rings. The molecule has 1 aromatic heterocycles. The lowest BCUT2D eigenvalue weighted by Crippen LogP contribution is -2.24. The monoisotopic (exact) mass is 600 g/mol. The first-order valence-electron chi connectivity index (χ1n) is 14.3. The van der Waals surface area contributed by atoms with Gasteiger partial charge in [-0.2, -0.15) is 8.78 Å². The second-order valence-corrected chi connectivity index (χ2v) is 10.3. The Morgan fingerprint density at radius 1 is 0.841 bits per heavy atom. The van der Waals surface area contributed by atoms with Crippen LogP contribution in [0.3, 0.4) is 0 Å². The van der Waals surface area contributed by atoms with Crippen LogP contribution >= 0.6 is 0 Å². The molecule has 44 heavy (non-hydrogen) atoms. The minimum Gasteiger partial charge on any atom is -0.496 e. The van der Waals surface area contributed by atoms with E-state index in [0.717, 1.165) is 11.1 Å². The molecule has 1 heterocycles. The molecule has 1 atom stereocenters. The highest BCUT2D eigenvalue weighted by molar-refractivity contribution is 5.87. The van der Waals surface area contributed by atoms with E-state index in [0.29, 0.717) is 47.5 Å². The number of ether oxygens (including phenoxy) is 3. The van der Waals surface area contributed by atoms with Crippen LogP contribution in [0.5, 0.6) is 17.2 Å². The summed E-state index contributed by atoms with van der Waals surface area (Å²) in [7, 11) is 1.36. The second kappa shape index (κ2) is 14.2. The number of nitrogens with one attached hydrogen (secondary N) is 2. The summed E-state index contributed by atoms with van der Waals surface area (Å²) in [6.45, 7) is 0.404. The van der Waals surface area contributed by atoms with Gasteiger partial charge in [-0.15, -0.1) is 0 Å². The summed E-state index contributed by atoms with van der Waals surface area (Å²) >= 11 is 0. The Morgan fingerprint density at radius 3 is 2.36 bits per heavy atom. The standard InChI is InChI=1S/C35H34F2N2O5/c1-42-31-10-6-5-9-29(31)35(36,37)23-44-26-13-11-24(12-14-26)19-20-38-21-30(40)27-15-17-32(34-28(27)16-18-33(41)39-34)43-22-25-7-3-2-4-8-25/h2-18,30,38,40H,19-23H2,1H3,(H,39,41)/t30-/m0/s1. The zero-order valence-electron chi connectivity index (χ0n) is 24.3. The third-order valence-electron chi connectivity index (χ3n) is 7.26. The Labute approximate surface area is 254 Å². The summed E-state index contributed by atoms with van der Waals surface area (Å²) in [4.78, 5) is 14.9. The number of para-hydroxylation sites is 1. The molecule has 0 saturated carbocycles. The number of aliphatic hydroxyl groups excluding tert-OH is 1. The molecule has 0 aliphatic rings. The molecule has 0 radical (unpaired) electrons. The fourth-order valence-corrected chi connectivity index (χ4v) is 4.93. The number of H-pyrrole nitrogens is 1. The number of aromatic nitrogens is 1. The van der Waals surface area contributed by atoms with Crippen molar-refractivity contribution in [1.29, 1.82) is 0 Å². The number of rotatable bonds is 14. The lowest BCUT2D eigenvalue weighted by atomic mass is 10.0. The first kappa shape index (κ1) is 30.7. The molecule has 5 rings (SSSR count). The fourth-order valence-electron chi connectivity index (χ4n) is 4.93. The number of benzene rings is 4. The molecule has 0 amide bonds. The molecular formula is C35H34F2N2O5. The van der Waals surface area contributed by atoms with Crippen LogP contribution in [-0.4, -0.2) is 36.9 Å². The number of fused-ring (bicyclic) bond motifs is 1. The summed E-state index contributed by atoms with van der Waals surface area (Å²) in [6.07, 6.45) is -0.169. The maximum absolute atomic E-state index is 14.7. The van der Waals surface area contributed by atoms with Crippen molar-refractivity contribution in [3.05, 3.63) is 136 Å². The number of hydrogen-bond donors (Lipinski definition) is 3. The van der Waals surface area contributed by atoms with Gasteiger partial charge in [0.1, 0.15) is 23.9 Å². The second-order valence-electron chi connectivity index (χ2n) is 10.3. The number of aliphatic hydroxyl groups is 1. The summed E-state index contributed by atoms with van der Waals surface area (Å²) in [5.74, 6) is -2.23. The van der Waals surface area contributed by atoms with E-state index in [-0.39, 0.29) is 23.4 Å². The van der Waals surface area contributed by atoms with Gasteiger partial charge in [-0.3, -0.25) is 4.79 Å². The molecular weight excluding hydrogens is 566 g/mol. The number of hydrogen-bond acceptors (Lipinski definition) is 6. The van der Waals surface area contributed by atoms with E-state index in [1.807, 2.05) is 48.5 Å². The zero-order valence-corrected chi connectivity index (χ0v) is 24.3. The van der Waals surface area contributed by atoms with Crippen molar-refractivity contribution < 1.29 is 28.1 Å². The molecule has 228 valence electrons. The summed E-state index contributed by atoms with van der Waals surface area (Å²) in [5.41, 5.74) is 2.71. The average molecular weight is 601 g/mol. The SMILES string of the molecule is COc1ccccc1C(F)(F)COc1ccc(CCNC[C@H](O)c2ccc(OCc3ccccc3)c3[nH]c(=O)ccc23)cc1. The van der Waals surface area contributed by atoms with Gasteiger partial charge in [0.25, 0.3) is 0 Å². The van der Waals surface area contributed by atoms with Crippen molar-refractivity contribution in [2.24, 2.45) is 0 Å². The predicted octanol–water partition coefficient (Wildman–Crippen LogP) is 6.15. The largest absolute Gasteiger partial charge is 0.496 e. The minimum atomic E-state index is -3.22. The third kappa shape index (κ3) is 7.61. The number of methoxy groups -OCH3 is 1. The van der Waals surface area contributed by atoms with Crippen LogP contribution in [0.15, 0.2) is 108 Å². The molecule has 0 saturated heterocycles. The highest BCUT2D eigenvalue weighted by atomic mass is 19.3. The van der Waals surface area contributed by atoms with Crippen LogP contribution in [0.4, 0.5) is 8.78 Å². The van der Waals surface area contributed by atoms with Crippen molar-refractivity contribution in [3.63, 3.8) is 0 Å². The van der Waals surface area contributed by atoms with E-state index in [2.05, 4.69) is 10.3 Å². The van der Waals surface area contributed by atoms with E-state index in [1.54, 1.807) is 30.3 Å². The van der Waals surface area contributed by atoms with E-state index in [9.17, 15) is 18.7 Å². The van der Waals surface area contributed by atoms with Crippen molar-refractivity contribution in [2.45, 2.75) is 25.1 Å². The van der Waals surface area contributed by atoms with Crippen molar-refractivity contribution in [3.8, 4) is 17.2 Å². The molecule has 0 unspecified atom stereocenters. The van der Waals surface area contributed by atoms with E-state index >= 15 is 0 Å². The predicted molar refractivity (Wildman–Crippen MR) is 166 cm³/mol. The Kier molecular flexibility index (Phi) is 9.89. The number of alkyl halides is 2. The van der Waals surface area contributed by atoms with Crippen LogP contribution in [0, 0.1) is 0 Å². The Morgan fingerprint density at radius 2 is 1.59 bits per heavy atom. The van der Waals surface area contributed by atoms with Crippen molar-refractivity contribution >= 4 is 10.9 Å². The van der Waals surface area contributed by atoms with Gasteiger partial charge in [-0.05, 0) is 66.1 Å². The molecule has 0 aliphatic heterocycles. The van der Waals surface area contributed by atoms with Gasteiger partial charge in [0.05, 0.1) is 24.3 Å². The van der Waals surface area contributed by atoms with E-state index < -0.39 is 18.6 Å². The molecule has 3 N–H and O–H groups in total. The topological polar surface area (TPSA) is 92.8 Å². The smallest absolute Gasteiger partial charge is 0.310 e. The van der Waals surface area contributed by atoms with Crippen molar-refractivity contribution in [2.75, 3.05) is 26.8 Å². The lowest BCUT2D eigenvalue weighted by molar-refractivity contribution is -0.0483. The quantitative estimate of drug-likeness (QED) is 0.132. The average Bonchev–Trinajstić information content (AvgIpc) is 3.05. The van der Waals surface area contributed by atoms with Gasteiger partial charge in [0.15, 0.2) is 6.61 Å². The molecule has 4 aromatic carbocycles. The van der Waals surface area contributed by atoms with Gasteiger partial charge in [0.2, 0.25) is 5.56 Å². The molecule has 0 fully saturated rings. The fraction of sp³-hybridized carbons (Fsp3) is 0.229. The van der Waals surface area contributed by atoms with E-state index in [4.69, 9.17) is 14.2 Å². The molecule has 9 heteroatoms. The zero-order chi connectivity index (χ0) is 30.9. The first-order chi connectivity index (χ1) is 21.3. The van der Waals surface area contributed by atoms with E-state index in [1.165, 1.54) is 31.4 Å². The Balaban J connectivity index is 1.13. The first-order valence-corrected chi connectivity index (χ1v) is 14.3. The van der Waals surface area contributed by atoms with Crippen LogP contribution in [0.2, 0.25) is 0 Å². The lowest BCUT2D eigenvalue weighted by Gasteiger charge is -2.20. The molecule has 0 aliphatic carbocycles. The highest BCUT2D eigenvalue weighted by Crippen LogP contribution is 2.35. The summed E-state index contributed by atoms with van der Waals surface area (Å²) in [6, 6.07) is 29.4. The van der Waals surface area contributed by atoms with Gasteiger partial charge in [0, 0.05) is 18.0 Å². The van der Waals surface area contributed by atoms with Gasteiger partial charge in [-0.1, -0.05) is 60.7 Å². The summed E-state index contributed by atoms with van der Waals surface area (Å²) < 4.78 is 45.9. The minimum absolute atomic E-state index is 0.113. The third-order valence-corrected chi connectivity index (χ3v) is 7.26. The Bertz CT molecular complexity index is 1730. The van der Waals surface area contributed by atoms with Gasteiger partial charge < -0.3 is 29.6 Å².